The number of imidazole rings is 1. The summed E-state index contributed by atoms with van der Waals surface area (Å²) >= 11 is 0. The van der Waals surface area contributed by atoms with Crippen LogP contribution in [0.15, 0.2) is 6.20 Å². The molecule has 0 spiro atoms. The lowest BCUT2D eigenvalue weighted by atomic mass is 10.3. The van der Waals surface area contributed by atoms with Crippen molar-refractivity contribution in [3.05, 3.63) is 11.9 Å². The van der Waals surface area contributed by atoms with E-state index in [4.69, 9.17) is 11.5 Å². The maximum atomic E-state index is 5.93. The van der Waals surface area contributed by atoms with Crippen LogP contribution in [0, 0.1) is 0 Å². The molecule has 0 radical (unpaired) electrons. The van der Waals surface area contributed by atoms with Crippen molar-refractivity contribution >= 4 is 11.5 Å². The number of nitrogen functional groups attached to an aromatic ring is 2. The molecule has 0 aliphatic rings. The minimum absolute atomic E-state index is 0.268. The van der Waals surface area contributed by atoms with E-state index in [1.165, 1.54) is 0 Å². The third-order valence-electron chi connectivity index (χ3n) is 2.68. The molecule has 2 rings (SSSR count). The fourth-order valence-electron chi connectivity index (χ4n) is 1.66. The molecule has 0 aromatic carbocycles. The normalized spacial score (nSPS) is 11.3. The molecule has 2 aromatic heterocycles. The van der Waals surface area contributed by atoms with Gasteiger partial charge in [0.25, 0.3) is 0 Å². The third-order valence-corrected chi connectivity index (χ3v) is 2.68. The van der Waals surface area contributed by atoms with Gasteiger partial charge in [0.05, 0.1) is 11.4 Å². The summed E-state index contributed by atoms with van der Waals surface area (Å²) in [5.41, 5.74) is 13.9. The molecule has 0 unspecified atom stereocenters. The second-order valence-electron chi connectivity index (χ2n) is 4.31. The summed E-state index contributed by atoms with van der Waals surface area (Å²) in [5, 5.41) is 4.41. The molecular formula is C11H18N6. The predicted octanol–water partition coefficient (Wildman–Crippen LogP) is 1.58. The Hall–Kier alpha value is -1.98. The minimum Gasteiger partial charge on any atom is -0.396 e. The van der Waals surface area contributed by atoms with E-state index in [1.54, 1.807) is 0 Å². The second-order valence-corrected chi connectivity index (χ2v) is 4.31. The zero-order valence-corrected chi connectivity index (χ0v) is 10.4. The number of rotatable bonds is 3. The summed E-state index contributed by atoms with van der Waals surface area (Å²) in [6.07, 6.45) is 2.62. The van der Waals surface area contributed by atoms with Crippen molar-refractivity contribution in [1.29, 1.82) is 0 Å². The third kappa shape index (κ3) is 1.98. The van der Waals surface area contributed by atoms with E-state index in [-0.39, 0.29) is 6.04 Å². The zero-order valence-electron chi connectivity index (χ0n) is 10.4. The summed E-state index contributed by atoms with van der Waals surface area (Å²) in [6, 6.07) is 0.268. The second kappa shape index (κ2) is 4.12. The van der Waals surface area contributed by atoms with Gasteiger partial charge in [0.2, 0.25) is 0 Å². The molecular weight excluding hydrogens is 216 g/mol. The number of nitrogens with two attached hydrogens (primary N) is 2. The quantitative estimate of drug-likeness (QED) is 0.750. The Bertz CT molecular complexity index is 522. The maximum absolute atomic E-state index is 5.93. The Morgan fingerprint density at radius 3 is 2.59 bits per heavy atom. The van der Waals surface area contributed by atoms with E-state index in [9.17, 15) is 0 Å². The standard InChI is InChI=1S/C11H18N6/c1-4-8-10(13)15-11(14-8)9-7(12)5-17(16-9)6(2)3/h5-6H,4,12-13H2,1-3H3,(H,14,15). The molecule has 6 heteroatoms. The fraction of sp³-hybridized carbons (Fsp3) is 0.455. The first-order chi connectivity index (χ1) is 8.02. The van der Waals surface area contributed by atoms with E-state index in [0.717, 1.165) is 12.1 Å². The molecule has 0 saturated heterocycles. The Morgan fingerprint density at radius 1 is 1.41 bits per heavy atom. The number of nitrogens with one attached hydrogen (secondary N) is 1. The van der Waals surface area contributed by atoms with Crippen LogP contribution in [0.2, 0.25) is 0 Å². The van der Waals surface area contributed by atoms with Gasteiger partial charge in [0.1, 0.15) is 5.82 Å². The molecule has 2 heterocycles. The van der Waals surface area contributed by atoms with Gasteiger partial charge in [0.15, 0.2) is 11.5 Å². The monoisotopic (exact) mass is 234 g/mol. The molecule has 0 amide bonds. The first-order valence-electron chi connectivity index (χ1n) is 5.72. The van der Waals surface area contributed by atoms with Crippen LogP contribution in [0.5, 0.6) is 0 Å². The SMILES string of the molecule is CCc1[nH]c(-c2nn(C(C)C)cc2N)nc1N. The van der Waals surface area contributed by atoms with Gasteiger partial charge in [-0.25, -0.2) is 4.98 Å². The first kappa shape index (κ1) is 11.5. The largest absolute Gasteiger partial charge is 0.396 e. The van der Waals surface area contributed by atoms with Crippen molar-refractivity contribution in [3.63, 3.8) is 0 Å². The van der Waals surface area contributed by atoms with Gasteiger partial charge in [-0.3, -0.25) is 4.68 Å². The van der Waals surface area contributed by atoms with Crippen LogP contribution in [-0.4, -0.2) is 19.7 Å². The lowest BCUT2D eigenvalue weighted by Gasteiger charge is -2.02. The topological polar surface area (TPSA) is 98.5 Å². The number of hydrogen-bond acceptors (Lipinski definition) is 4. The maximum Gasteiger partial charge on any atom is 0.162 e. The summed E-state index contributed by atoms with van der Waals surface area (Å²) in [5.74, 6) is 1.15. The van der Waals surface area contributed by atoms with Crippen molar-refractivity contribution < 1.29 is 0 Å². The van der Waals surface area contributed by atoms with Crippen molar-refractivity contribution in [2.45, 2.75) is 33.2 Å². The van der Waals surface area contributed by atoms with Gasteiger partial charge in [-0.1, -0.05) is 6.92 Å². The Morgan fingerprint density at radius 2 is 2.12 bits per heavy atom. The molecule has 17 heavy (non-hydrogen) atoms. The lowest BCUT2D eigenvalue weighted by Crippen LogP contribution is -2.00. The molecule has 0 bridgehead atoms. The lowest BCUT2D eigenvalue weighted by molar-refractivity contribution is 0.534. The number of H-pyrrole nitrogens is 1. The summed E-state index contributed by atoms with van der Waals surface area (Å²) in [6.45, 7) is 6.11. The van der Waals surface area contributed by atoms with Crippen molar-refractivity contribution in [2.75, 3.05) is 11.5 Å². The molecule has 0 saturated carbocycles. The molecule has 92 valence electrons. The van der Waals surface area contributed by atoms with E-state index in [1.807, 2.05) is 31.6 Å². The van der Waals surface area contributed by atoms with Crippen LogP contribution in [-0.2, 0) is 6.42 Å². The van der Waals surface area contributed by atoms with Gasteiger partial charge in [-0.15, -0.1) is 0 Å². The number of nitrogens with zero attached hydrogens (tertiary/aromatic N) is 3. The van der Waals surface area contributed by atoms with E-state index < -0.39 is 0 Å². The van der Waals surface area contributed by atoms with Gasteiger partial charge < -0.3 is 16.5 Å². The molecule has 5 N–H and O–H groups in total. The highest BCUT2D eigenvalue weighted by molar-refractivity contribution is 5.68. The average Bonchev–Trinajstić information content (AvgIpc) is 2.81. The highest BCUT2D eigenvalue weighted by atomic mass is 15.3. The first-order valence-corrected chi connectivity index (χ1v) is 5.72. The number of aromatic amines is 1. The van der Waals surface area contributed by atoms with Gasteiger partial charge in [0, 0.05) is 12.2 Å². The van der Waals surface area contributed by atoms with Gasteiger partial charge in [-0.2, -0.15) is 5.10 Å². The van der Waals surface area contributed by atoms with Crippen LogP contribution >= 0.6 is 0 Å². The van der Waals surface area contributed by atoms with Crippen LogP contribution < -0.4 is 11.5 Å². The molecule has 0 fully saturated rings. The molecule has 0 aliphatic heterocycles. The van der Waals surface area contributed by atoms with Gasteiger partial charge >= 0.3 is 0 Å². The Labute approximate surface area is 100 Å². The van der Waals surface area contributed by atoms with E-state index >= 15 is 0 Å². The Kier molecular flexibility index (Phi) is 2.79. The predicted molar refractivity (Wildman–Crippen MR) is 68.4 cm³/mol. The Balaban J connectivity index is 2.45. The summed E-state index contributed by atoms with van der Waals surface area (Å²) < 4.78 is 1.81. The fourth-order valence-corrected chi connectivity index (χ4v) is 1.66. The van der Waals surface area contributed by atoms with E-state index in [2.05, 4.69) is 15.1 Å². The van der Waals surface area contributed by atoms with Crippen LogP contribution in [0.4, 0.5) is 11.5 Å². The van der Waals surface area contributed by atoms with Gasteiger partial charge in [-0.05, 0) is 20.3 Å². The number of anilines is 2. The van der Waals surface area contributed by atoms with Crippen LogP contribution in [0.1, 0.15) is 32.5 Å². The van der Waals surface area contributed by atoms with Crippen molar-refractivity contribution in [2.24, 2.45) is 0 Å². The highest BCUT2D eigenvalue weighted by Gasteiger charge is 2.15. The minimum atomic E-state index is 0.268. The summed E-state index contributed by atoms with van der Waals surface area (Å²) in [7, 11) is 0. The molecule has 0 atom stereocenters. The van der Waals surface area contributed by atoms with Crippen LogP contribution in [0.25, 0.3) is 11.5 Å². The van der Waals surface area contributed by atoms with E-state index in [0.29, 0.717) is 23.0 Å². The summed E-state index contributed by atoms with van der Waals surface area (Å²) in [4.78, 5) is 7.40. The van der Waals surface area contributed by atoms with Crippen molar-refractivity contribution in [1.82, 2.24) is 19.7 Å². The molecule has 6 nitrogen and oxygen atoms in total. The number of hydrogen-bond donors (Lipinski definition) is 3. The number of aromatic nitrogens is 4. The van der Waals surface area contributed by atoms with Crippen LogP contribution in [0.3, 0.4) is 0 Å². The molecule has 0 aliphatic carbocycles. The average molecular weight is 234 g/mol. The highest BCUT2D eigenvalue weighted by Crippen LogP contribution is 2.25. The zero-order chi connectivity index (χ0) is 12.6. The smallest absolute Gasteiger partial charge is 0.162 e. The number of aryl methyl sites for hydroxylation is 1. The van der Waals surface area contributed by atoms with Crippen molar-refractivity contribution in [3.8, 4) is 11.5 Å². The molecule has 2 aromatic rings.